The van der Waals surface area contributed by atoms with E-state index in [9.17, 15) is 9.59 Å². The topological polar surface area (TPSA) is 131 Å². The Bertz CT molecular complexity index is 1460. The first kappa shape index (κ1) is 31.6. The molecule has 3 N–H and O–H groups in total. The van der Waals surface area contributed by atoms with E-state index in [4.69, 9.17) is 19.7 Å². The van der Waals surface area contributed by atoms with Gasteiger partial charge in [-0.25, -0.2) is 4.79 Å². The van der Waals surface area contributed by atoms with Gasteiger partial charge in [0.15, 0.2) is 5.82 Å². The Morgan fingerprint density at radius 2 is 1.39 bits per heavy atom. The largest absolute Gasteiger partial charge is 0.378 e. The van der Waals surface area contributed by atoms with E-state index in [1.54, 1.807) is 24.3 Å². The molecule has 3 aliphatic heterocycles. The van der Waals surface area contributed by atoms with E-state index in [2.05, 4.69) is 37.6 Å². The van der Waals surface area contributed by atoms with E-state index in [-0.39, 0.29) is 11.9 Å². The zero-order valence-corrected chi connectivity index (χ0v) is 26.6. The zero-order chi connectivity index (χ0) is 31.7. The van der Waals surface area contributed by atoms with Crippen LogP contribution in [-0.4, -0.2) is 122 Å². The van der Waals surface area contributed by atoms with Gasteiger partial charge in [0.1, 0.15) is 0 Å². The van der Waals surface area contributed by atoms with Crippen molar-refractivity contribution in [2.24, 2.45) is 0 Å². The zero-order valence-electron chi connectivity index (χ0n) is 26.6. The Hall–Kier alpha value is -4.33. The summed E-state index contributed by atoms with van der Waals surface area (Å²) in [6.45, 7) is 12.9. The predicted octanol–water partition coefficient (Wildman–Crippen LogP) is 2.99. The molecule has 3 amide bonds. The second-order valence-electron chi connectivity index (χ2n) is 11.8. The molecule has 3 aliphatic rings. The summed E-state index contributed by atoms with van der Waals surface area (Å²) in [6.07, 6.45) is 2.21. The number of piperazine rings is 1. The number of amides is 3. The fourth-order valence-electron chi connectivity index (χ4n) is 5.98. The molecule has 3 saturated heterocycles. The third-order valence-electron chi connectivity index (χ3n) is 8.51. The lowest BCUT2D eigenvalue weighted by molar-refractivity contribution is 0.0736. The van der Waals surface area contributed by atoms with E-state index in [0.717, 1.165) is 77.3 Å². The number of carbonyl (C=O) groups excluding carboxylic acids is 2. The number of ether oxygens (including phenoxy) is 1. The average molecular weight is 629 g/mol. The first-order valence-electron chi connectivity index (χ1n) is 16.4. The minimum absolute atomic E-state index is 0.00463. The molecule has 3 fully saturated rings. The fourth-order valence-corrected chi connectivity index (χ4v) is 5.98. The number of rotatable bonds is 8. The second-order valence-corrected chi connectivity index (χ2v) is 11.8. The molecule has 0 saturated carbocycles. The van der Waals surface area contributed by atoms with Crippen LogP contribution in [0.25, 0.3) is 11.4 Å². The molecule has 6 rings (SSSR count). The van der Waals surface area contributed by atoms with Crippen LogP contribution in [0, 0.1) is 0 Å². The van der Waals surface area contributed by atoms with Gasteiger partial charge in [-0.15, -0.1) is 0 Å². The molecule has 0 aliphatic carbocycles. The molecule has 13 nitrogen and oxygen atoms in total. The predicted molar refractivity (Wildman–Crippen MR) is 180 cm³/mol. The molecule has 0 bridgehead atoms. The van der Waals surface area contributed by atoms with Gasteiger partial charge in [0.05, 0.1) is 13.2 Å². The summed E-state index contributed by atoms with van der Waals surface area (Å²) in [5.41, 5.74) is 2.69. The van der Waals surface area contributed by atoms with Crippen LogP contribution >= 0.6 is 0 Å². The smallest absolute Gasteiger partial charge is 0.323 e. The first-order chi connectivity index (χ1) is 22.6. The van der Waals surface area contributed by atoms with Gasteiger partial charge in [-0.3, -0.25) is 4.79 Å². The van der Waals surface area contributed by atoms with Gasteiger partial charge >= 0.3 is 6.03 Å². The molecule has 244 valence electrons. The standard InChI is InChI=1S/C33H44N10O3/c1-2-14-40-15-3-16-42(20-19-40)31-37-29(38-32(39-31)43-21-23-46-24-22-43)25-4-8-27(9-5-25)35-33(45)36-28-10-6-26(7-11-28)30(44)41-17-12-34-13-18-41/h4-11,34H,2-3,12-24H2,1H3,(H2,35,36,45). The van der Waals surface area contributed by atoms with Crippen molar-refractivity contribution in [2.45, 2.75) is 19.8 Å². The number of urea groups is 1. The fraction of sp³-hybridized carbons (Fsp3) is 0.485. The van der Waals surface area contributed by atoms with Crippen molar-refractivity contribution < 1.29 is 14.3 Å². The quantitative estimate of drug-likeness (QED) is 0.342. The Balaban J connectivity index is 1.12. The van der Waals surface area contributed by atoms with Crippen molar-refractivity contribution in [1.29, 1.82) is 0 Å². The number of benzene rings is 2. The summed E-state index contributed by atoms with van der Waals surface area (Å²) in [4.78, 5) is 49.0. The van der Waals surface area contributed by atoms with Crippen molar-refractivity contribution in [3.63, 3.8) is 0 Å². The van der Waals surface area contributed by atoms with E-state index in [1.165, 1.54) is 0 Å². The lowest BCUT2D eigenvalue weighted by Crippen LogP contribution is -2.46. The molecule has 3 aromatic rings. The maximum absolute atomic E-state index is 12.8. The Morgan fingerprint density at radius 3 is 2.04 bits per heavy atom. The first-order valence-corrected chi connectivity index (χ1v) is 16.4. The minimum Gasteiger partial charge on any atom is -0.378 e. The molecular weight excluding hydrogens is 584 g/mol. The van der Waals surface area contributed by atoms with Crippen LogP contribution in [0.3, 0.4) is 0 Å². The summed E-state index contributed by atoms with van der Waals surface area (Å²) in [6, 6.07) is 14.1. The van der Waals surface area contributed by atoms with Gasteiger partial charge in [-0.2, -0.15) is 15.0 Å². The van der Waals surface area contributed by atoms with Gasteiger partial charge in [-0.05, 0) is 74.5 Å². The lowest BCUT2D eigenvalue weighted by atomic mass is 10.1. The molecule has 4 heterocycles. The molecule has 2 aromatic carbocycles. The number of aromatic nitrogens is 3. The molecule has 0 radical (unpaired) electrons. The minimum atomic E-state index is -0.371. The van der Waals surface area contributed by atoms with Crippen molar-refractivity contribution in [3.05, 3.63) is 54.1 Å². The van der Waals surface area contributed by atoms with Crippen LogP contribution in [0.4, 0.5) is 28.1 Å². The number of anilines is 4. The highest BCUT2D eigenvalue weighted by Crippen LogP contribution is 2.24. The van der Waals surface area contributed by atoms with Gasteiger partial charge in [0.25, 0.3) is 5.91 Å². The maximum atomic E-state index is 12.8. The monoisotopic (exact) mass is 628 g/mol. The average Bonchev–Trinajstić information content (AvgIpc) is 3.35. The molecule has 13 heteroatoms. The number of hydrogen-bond donors (Lipinski definition) is 3. The van der Waals surface area contributed by atoms with Crippen LogP contribution in [0.2, 0.25) is 0 Å². The van der Waals surface area contributed by atoms with Crippen molar-refractivity contribution in [1.82, 2.24) is 30.1 Å². The summed E-state index contributed by atoms with van der Waals surface area (Å²) >= 11 is 0. The highest BCUT2D eigenvalue weighted by Gasteiger charge is 2.22. The van der Waals surface area contributed by atoms with Crippen molar-refractivity contribution in [2.75, 3.05) is 106 Å². The Kier molecular flexibility index (Phi) is 10.5. The summed E-state index contributed by atoms with van der Waals surface area (Å²) in [5.74, 6) is 1.98. The lowest BCUT2D eigenvalue weighted by Gasteiger charge is -2.28. The Labute approximate surface area is 270 Å². The van der Waals surface area contributed by atoms with E-state index in [0.29, 0.717) is 61.0 Å². The second kappa shape index (κ2) is 15.3. The molecule has 1 aromatic heterocycles. The van der Waals surface area contributed by atoms with Gasteiger partial charge < -0.3 is 40.3 Å². The molecular formula is C33H44N10O3. The third-order valence-corrected chi connectivity index (χ3v) is 8.51. The number of nitrogens with zero attached hydrogens (tertiary/aromatic N) is 7. The number of morpholine rings is 1. The van der Waals surface area contributed by atoms with Crippen LogP contribution in [-0.2, 0) is 4.74 Å². The third kappa shape index (κ3) is 8.08. The van der Waals surface area contributed by atoms with Gasteiger partial charge in [-0.1, -0.05) is 6.92 Å². The van der Waals surface area contributed by atoms with Gasteiger partial charge in [0.2, 0.25) is 11.9 Å². The SMILES string of the molecule is CCCN1CCCN(c2nc(-c3ccc(NC(=O)Nc4ccc(C(=O)N5CCNCC5)cc4)cc3)nc(N3CCOCC3)n2)CC1. The summed E-state index contributed by atoms with van der Waals surface area (Å²) in [7, 11) is 0. The van der Waals surface area contributed by atoms with Crippen LogP contribution in [0.15, 0.2) is 48.5 Å². The number of nitrogens with one attached hydrogen (secondary N) is 3. The van der Waals surface area contributed by atoms with E-state index >= 15 is 0 Å². The highest BCUT2D eigenvalue weighted by molar-refractivity contribution is 6.00. The molecule has 0 unspecified atom stereocenters. The molecule has 46 heavy (non-hydrogen) atoms. The van der Waals surface area contributed by atoms with Crippen molar-refractivity contribution in [3.8, 4) is 11.4 Å². The normalized spacial score (nSPS) is 17.8. The van der Waals surface area contributed by atoms with Crippen LogP contribution in [0.5, 0.6) is 0 Å². The molecule has 0 atom stereocenters. The summed E-state index contributed by atoms with van der Waals surface area (Å²) in [5, 5.41) is 8.98. The van der Waals surface area contributed by atoms with Gasteiger partial charge in [0, 0.05) is 81.4 Å². The molecule has 0 spiro atoms. The van der Waals surface area contributed by atoms with Crippen LogP contribution < -0.4 is 25.8 Å². The highest BCUT2D eigenvalue weighted by atomic mass is 16.5. The van der Waals surface area contributed by atoms with E-state index in [1.807, 2.05) is 29.2 Å². The van der Waals surface area contributed by atoms with E-state index < -0.39 is 0 Å². The van der Waals surface area contributed by atoms with Crippen LogP contribution in [0.1, 0.15) is 30.1 Å². The number of carbonyl (C=O) groups is 2. The number of hydrogen-bond acceptors (Lipinski definition) is 10. The summed E-state index contributed by atoms with van der Waals surface area (Å²) < 4.78 is 5.57. The van der Waals surface area contributed by atoms with Crippen molar-refractivity contribution >= 4 is 35.2 Å². The maximum Gasteiger partial charge on any atom is 0.323 e. The Morgan fingerprint density at radius 1 is 0.761 bits per heavy atom.